The molecular formula is C15H19BrN2. The molecule has 2 aromatic rings. The molecular weight excluding hydrogens is 288 g/mol. The first-order valence-electron chi connectivity index (χ1n) is 6.20. The summed E-state index contributed by atoms with van der Waals surface area (Å²) in [7, 11) is 0. The number of hydrogen-bond donors (Lipinski definition) is 1. The molecule has 0 bridgehead atoms. The largest absolute Gasteiger partial charge is 0.349 e. The van der Waals surface area contributed by atoms with Crippen molar-refractivity contribution in [2.45, 2.75) is 37.4 Å². The van der Waals surface area contributed by atoms with Crippen molar-refractivity contribution in [1.29, 1.82) is 0 Å². The molecule has 2 rings (SSSR count). The second-order valence-electron chi connectivity index (χ2n) is 5.54. The molecule has 0 aliphatic rings. The molecule has 0 aliphatic heterocycles. The molecule has 1 N–H and O–H groups in total. The van der Waals surface area contributed by atoms with Crippen LogP contribution >= 0.6 is 15.9 Å². The summed E-state index contributed by atoms with van der Waals surface area (Å²) in [6, 6.07) is 8.62. The van der Waals surface area contributed by atoms with E-state index in [4.69, 9.17) is 0 Å². The Balaban J connectivity index is 2.27. The molecule has 1 aromatic heterocycles. The summed E-state index contributed by atoms with van der Waals surface area (Å²) in [5.41, 5.74) is 2.89. The highest BCUT2D eigenvalue weighted by molar-refractivity contribution is 9.09. The van der Waals surface area contributed by atoms with Gasteiger partial charge in [-0.15, -0.1) is 0 Å². The zero-order valence-electron chi connectivity index (χ0n) is 11.1. The van der Waals surface area contributed by atoms with Gasteiger partial charge in [0.15, 0.2) is 0 Å². The van der Waals surface area contributed by atoms with Gasteiger partial charge in [0.05, 0.1) is 0 Å². The molecule has 96 valence electrons. The van der Waals surface area contributed by atoms with Gasteiger partial charge in [-0.1, -0.05) is 61.0 Å². The summed E-state index contributed by atoms with van der Waals surface area (Å²) in [5, 5.41) is 0. The van der Waals surface area contributed by atoms with Crippen LogP contribution in [0.2, 0.25) is 0 Å². The fraction of sp³-hybridized carbons (Fsp3) is 0.400. The summed E-state index contributed by atoms with van der Waals surface area (Å²) in [6.07, 6.45) is 4.54. The smallest absolute Gasteiger partial charge is 0.107 e. The minimum atomic E-state index is 0.159. The molecule has 1 unspecified atom stereocenters. The number of alkyl halides is 1. The summed E-state index contributed by atoms with van der Waals surface area (Å²) in [4.78, 5) is 7.73. The Bertz CT molecular complexity index is 497. The van der Waals surface area contributed by atoms with E-state index in [1.807, 2.05) is 6.20 Å². The molecule has 0 radical (unpaired) electrons. The summed E-state index contributed by atoms with van der Waals surface area (Å²) < 4.78 is 0. The van der Waals surface area contributed by atoms with Crippen LogP contribution in [0.1, 0.15) is 42.5 Å². The molecule has 3 heteroatoms. The first-order chi connectivity index (χ1) is 8.48. The fourth-order valence-corrected chi connectivity index (χ4v) is 2.85. The second kappa shape index (κ2) is 5.27. The Kier molecular flexibility index (Phi) is 3.91. The monoisotopic (exact) mass is 306 g/mol. The van der Waals surface area contributed by atoms with Gasteiger partial charge in [0.2, 0.25) is 0 Å². The van der Waals surface area contributed by atoms with Crippen LogP contribution in [0, 0.1) is 0 Å². The van der Waals surface area contributed by atoms with Crippen molar-refractivity contribution in [1.82, 2.24) is 9.97 Å². The lowest BCUT2D eigenvalue weighted by Crippen LogP contribution is -2.15. The van der Waals surface area contributed by atoms with Gasteiger partial charge < -0.3 is 4.98 Å². The molecule has 1 atom stereocenters. The van der Waals surface area contributed by atoms with E-state index in [-0.39, 0.29) is 5.41 Å². The maximum atomic E-state index is 4.29. The van der Waals surface area contributed by atoms with Crippen LogP contribution in [0.4, 0.5) is 0 Å². The quantitative estimate of drug-likeness (QED) is 0.837. The fourth-order valence-electron chi connectivity index (χ4n) is 2.14. The Labute approximate surface area is 117 Å². The van der Waals surface area contributed by atoms with E-state index in [2.05, 4.69) is 70.9 Å². The van der Waals surface area contributed by atoms with E-state index >= 15 is 0 Å². The van der Waals surface area contributed by atoms with Gasteiger partial charge >= 0.3 is 0 Å². The molecule has 0 spiro atoms. The molecule has 18 heavy (non-hydrogen) atoms. The highest BCUT2D eigenvalue weighted by Crippen LogP contribution is 2.34. The van der Waals surface area contributed by atoms with E-state index in [0.29, 0.717) is 4.83 Å². The molecule has 0 saturated carbocycles. The standard InChI is InChI=1S/C15H19BrN2/c1-15(2,3)12-7-5-4-6-11(12)13(16)10-14-17-8-9-18-14/h4-9,13H,10H2,1-3H3,(H,17,18). The topological polar surface area (TPSA) is 28.7 Å². The number of halogens is 1. The van der Waals surface area contributed by atoms with Gasteiger partial charge in [0.25, 0.3) is 0 Å². The molecule has 1 heterocycles. The third-order valence-electron chi connectivity index (χ3n) is 3.03. The van der Waals surface area contributed by atoms with Crippen LogP contribution in [0.15, 0.2) is 36.7 Å². The molecule has 0 aliphatic carbocycles. The average molecular weight is 307 g/mol. The van der Waals surface area contributed by atoms with Crippen molar-refractivity contribution in [2.75, 3.05) is 0 Å². The van der Waals surface area contributed by atoms with Crippen LogP contribution in [-0.4, -0.2) is 9.97 Å². The SMILES string of the molecule is CC(C)(C)c1ccccc1C(Br)Cc1ncc[nH]1. The lowest BCUT2D eigenvalue weighted by Gasteiger charge is -2.25. The molecule has 2 nitrogen and oxygen atoms in total. The molecule has 0 fully saturated rings. The number of rotatable bonds is 3. The van der Waals surface area contributed by atoms with Crippen LogP contribution in [0.5, 0.6) is 0 Å². The van der Waals surface area contributed by atoms with Gasteiger partial charge in [0, 0.05) is 23.6 Å². The van der Waals surface area contributed by atoms with E-state index < -0.39 is 0 Å². The van der Waals surface area contributed by atoms with E-state index in [1.54, 1.807) is 6.20 Å². The normalized spacial score (nSPS) is 13.6. The molecule has 0 saturated heterocycles. The number of aromatic nitrogens is 2. The molecule has 0 amide bonds. The number of aromatic amines is 1. The van der Waals surface area contributed by atoms with Gasteiger partial charge in [-0.25, -0.2) is 4.98 Å². The predicted molar refractivity (Wildman–Crippen MR) is 79.1 cm³/mol. The van der Waals surface area contributed by atoms with Crippen LogP contribution in [0.25, 0.3) is 0 Å². The zero-order chi connectivity index (χ0) is 13.2. The van der Waals surface area contributed by atoms with Crippen molar-refractivity contribution in [3.63, 3.8) is 0 Å². The van der Waals surface area contributed by atoms with E-state index in [0.717, 1.165) is 12.2 Å². The van der Waals surface area contributed by atoms with Gasteiger partial charge in [-0.3, -0.25) is 0 Å². The van der Waals surface area contributed by atoms with E-state index in [1.165, 1.54) is 11.1 Å². The minimum Gasteiger partial charge on any atom is -0.349 e. The third kappa shape index (κ3) is 3.02. The predicted octanol–water partition coefficient (Wildman–Crippen LogP) is 4.39. The number of imidazole rings is 1. The number of hydrogen-bond acceptors (Lipinski definition) is 1. The Morgan fingerprint density at radius 3 is 2.61 bits per heavy atom. The Morgan fingerprint density at radius 1 is 1.28 bits per heavy atom. The van der Waals surface area contributed by atoms with Gasteiger partial charge in [-0.2, -0.15) is 0 Å². The highest BCUT2D eigenvalue weighted by atomic mass is 79.9. The van der Waals surface area contributed by atoms with Gasteiger partial charge in [-0.05, 0) is 16.5 Å². The highest BCUT2D eigenvalue weighted by Gasteiger charge is 2.21. The van der Waals surface area contributed by atoms with Crippen LogP contribution in [-0.2, 0) is 11.8 Å². The lowest BCUT2D eigenvalue weighted by atomic mass is 9.82. The Hall–Kier alpha value is -1.09. The van der Waals surface area contributed by atoms with E-state index in [9.17, 15) is 0 Å². The first kappa shape index (κ1) is 13.3. The minimum absolute atomic E-state index is 0.159. The van der Waals surface area contributed by atoms with Crippen LogP contribution in [0.3, 0.4) is 0 Å². The number of nitrogens with one attached hydrogen (secondary N) is 1. The van der Waals surface area contributed by atoms with Crippen LogP contribution < -0.4 is 0 Å². The second-order valence-corrected chi connectivity index (χ2v) is 6.65. The van der Waals surface area contributed by atoms with Crippen molar-refractivity contribution in [3.05, 3.63) is 53.6 Å². The summed E-state index contributed by atoms with van der Waals surface area (Å²) in [6.45, 7) is 6.75. The average Bonchev–Trinajstić information content (AvgIpc) is 2.80. The van der Waals surface area contributed by atoms with Crippen molar-refractivity contribution >= 4 is 15.9 Å². The number of nitrogens with zero attached hydrogens (tertiary/aromatic N) is 1. The van der Waals surface area contributed by atoms with Crippen molar-refractivity contribution in [2.24, 2.45) is 0 Å². The first-order valence-corrected chi connectivity index (χ1v) is 7.12. The zero-order valence-corrected chi connectivity index (χ0v) is 12.7. The Morgan fingerprint density at radius 2 is 2.00 bits per heavy atom. The summed E-state index contributed by atoms with van der Waals surface area (Å²) >= 11 is 3.79. The lowest BCUT2D eigenvalue weighted by molar-refractivity contribution is 0.581. The number of H-pyrrole nitrogens is 1. The maximum absolute atomic E-state index is 4.29. The van der Waals surface area contributed by atoms with Gasteiger partial charge in [0.1, 0.15) is 5.82 Å². The maximum Gasteiger partial charge on any atom is 0.107 e. The van der Waals surface area contributed by atoms with Crippen molar-refractivity contribution < 1.29 is 0 Å². The third-order valence-corrected chi connectivity index (χ3v) is 3.85. The van der Waals surface area contributed by atoms with Crippen molar-refractivity contribution in [3.8, 4) is 0 Å². The number of benzene rings is 1. The summed E-state index contributed by atoms with van der Waals surface area (Å²) in [5.74, 6) is 1.01. The molecule has 1 aromatic carbocycles.